The molecule has 6 heteroatoms. The van der Waals surface area contributed by atoms with Crippen LogP contribution in [-0.2, 0) is 6.54 Å². The van der Waals surface area contributed by atoms with E-state index >= 15 is 0 Å². The number of hydrogen-bond donors (Lipinski definition) is 1. The Balaban J connectivity index is 2.70. The second kappa shape index (κ2) is 6.07. The molecule has 0 spiro atoms. The first-order valence-corrected chi connectivity index (χ1v) is 5.01. The van der Waals surface area contributed by atoms with Crippen molar-refractivity contribution < 1.29 is 5.21 Å². The summed E-state index contributed by atoms with van der Waals surface area (Å²) < 4.78 is 0. The summed E-state index contributed by atoms with van der Waals surface area (Å²) in [5, 5.41) is 11.9. The number of nitrogens with zero attached hydrogens (tertiary/aromatic N) is 4. The van der Waals surface area contributed by atoms with Gasteiger partial charge >= 0.3 is 0 Å². The zero-order valence-corrected chi connectivity index (χ0v) is 9.89. The van der Waals surface area contributed by atoms with Crippen LogP contribution >= 0.6 is 11.6 Å². The third-order valence-corrected chi connectivity index (χ3v) is 2.23. The molecule has 0 fully saturated rings. The molecule has 1 N–H and O–H groups in total. The van der Waals surface area contributed by atoms with Crippen LogP contribution in [0.15, 0.2) is 28.5 Å². The van der Waals surface area contributed by atoms with Gasteiger partial charge in [-0.05, 0) is 11.6 Å². The molecule has 0 radical (unpaired) electrons. The van der Waals surface area contributed by atoms with E-state index < -0.39 is 0 Å². The average Bonchev–Trinajstić information content (AvgIpc) is 2.29. The molecule has 86 valence electrons. The average molecular weight is 241 g/mol. The molecule has 0 unspecified atom stereocenters. The van der Waals surface area contributed by atoms with Gasteiger partial charge < -0.3 is 10.1 Å². The lowest BCUT2D eigenvalue weighted by Gasteiger charge is -2.17. The van der Waals surface area contributed by atoms with Gasteiger partial charge in [-0.1, -0.05) is 22.8 Å². The molecular weight excluding hydrogens is 228 g/mol. The van der Waals surface area contributed by atoms with Crippen molar-refractivity contribution in [1.29, 1.82) is 0 Å². The van der Waals surface area contributed by atoms with Crippen molar-refractivity contribution in [2.45, 2.75) is 6.54 Å². The summed E-state index contributed by atoms with van der Waals surface area (Å²) in [4.78, 5) is 9.80. The minimum Gasteiger partial charge on any atom is -0.411 e. The maximum absolute atomic E-state index is 8.45. The Labute approximate surface area is 99.1 Å². The van der Waals surface area contributed by atoms with E-state index in [2.05, 4.69) is 15.1 Å². The van der Waals surface area contributed by atoms with Crippen molar-refractivity contribution in [2.75, 3.05) is 14.1 Å². The van der Waals surface area contributed by atoms with Gasteiger partial charge in [0.15, 0.2) is 0 Å². The van der Waals surface area contributed by atoms with E-state index in [4.69, 9.17) is 16.8 Å². The third-order valence-electron chi connectivity index (χ3n) is 2.00. The highest BCUT2D eigenvalue weighted by atomic mass is 35.5. The van der Waals surface area contributed by atoms with Crippen molar-refractivity contribution >= 4 is 23.7 Å². The topological polar surface area (TPSA) is 61.1 Å². The molecule has 1 heterocycles. The molecule has 0 aliphatic heterocycles. The van der Waals surface area contributed by atoms with Gasteiger partial charge in [-0.25, -0.2) is 4.98 Å². The van der Waals surface area contributed by atoms with Crippen LogP contribution < -0.4 is 0 Å². The van der Waals surface area contributed by atoms with Crippen molar-refractivity contribution in [3.63, 3.8) is 0 Å². The van der Waals surface area contributed by atoms with Gasteiger partial charge in [-0.3, -0.25) is 4.99 Å². The molecule has 1 aromatic heterocycles. The Morgan fingerprint density at radius 1 is 1.62 bits per heavy atom. The highest BCUT2D eigenvalue weighted by Crippen LogP contribution is 2.07. The molecule has 0 saturated carbocycles. The minimum absolute atomic E-state index is 0.465. The lowest BCUT2D eigenvalue weighted by atomic mass is 10.2. The monoisotopic (exact) mass is 240 g/mol. The van der Waals surface area contributed by atoms with E-state index in [1.165, 1.54) is 6.21 Å². The van der Waals surface area contributed by atoms with E-state index in [9.17, 15) is 0 Å². The summed E-state index contributed by atoms with van der Waals surface area (Å²) in [5.74, 6) is 0.581. The molecule has 0 aliphatic carbocycles. The van der Waals surface area contributed by atoms with E-state index in [0.717, 1.165) is 5.56 Å². The van der Waals surface area contributed by atoms with Gasteiger partial charge in [0.05, 0.1) is 0 Å². The molecule has 5 nitrogen and oxygen atoms in total. The van der Waals surface area contributed by atoms with Crippen LogP contribution in [0, 0.1) is 0 Å². The SMILES string of the molecule is CN=C(C=NO)N(C)Cc1ccc(Cl)nc1. The zero-order valence-electron chi connectivity index (χ0n) is 9.13. The second-order valence-electron chi connectivity index (χ2n) is 3.17. The first kappa shape index (κ1) is 12.4. The molecule has 1 rings (SSSR count). The smallest absolute Gasteiger partial charge is 0.145 e. The largest absolute Gasteiger partial charge is 0.411 e. The minimum atomic E-state index is 0.465. The van der Waals surface area contributed by atoms with Crippen LogP contribution in [-0.4, -0.2) is 41.2 Å². The highest BCUT2D eigenvalue weighted by Gasteiger charge is 2.04. The molecule has 0 bridgehead atoms. The lowest BCUT2D eigenvalue weighted by Crippen LogP contribution is -2.27. The fourth-order valence-electron chi connectivity index (χ4n) is 1.23. The van der Waals surface area contributed by atoms with Crippen LogP contribution in [0.25, 0.3) is 0 Å². The van der Waals surface area contributed by atoms with Crippen molar-refractivity contribution in [1.82, 2.24) is 9.88 Å². The van der Waals surface area contributed by atoms with Gasteiger partial charge in [0.1, 0.15) is 17.2 Å². The first-order valence-electron chi connectivity index (χ1n) is 4.63. The van der Waals surface area contributed by atoms with Crippen molar-refractivity contribution in [3.8, 4) is 0 Å². The Kier molecular flexibility index (Phi) is 4.72. The van der Waals surface area contributed by atoms with Gasteiger partial charge in [0.2, 0.25) is 0 Å². The Hall–Kier alpha value is -1.62. The van der Waals surface area contributed by atoms with Crippen LogP contribution in [0.5, 0.6) is 0 Å². The number of aromatic nitrogens is 1. The fourth-order valence-corrected chi connectivity index (χ4v) is 1.35. The predicted molar refractivity (Wildman–Crippen MR) is 64.4 cm³/mol. The Morgan fingerprint density at radius 3 is 2.88 bits per heavy atom. The van der Waals surface area contributed by atoms with Gasteiger partial charge in [-0.2, -0.15) is 0 Å². The standard InChI is InChI=1S/C10H13ClN4O/c1-12-10(6-14-16)15(2)7-8-3-4-9(11)13-5-8/h3-6,16H,7H2,1-2H3. The zero-order chi connectivity index (χ0) is 12.0. The second-order valence-corrected chi connectivity index (χ2v) is 3.56. The molecule has 0 saturated heterocycles. The molecule has 0 aromatic carbocycles. The molecule has 0 amide bonds. The number of rotatable bonds is 3. The normalized spacial score (nSPS) is 12.1. The van der Waals surface area contributed by atoms with Crippen LogP contribution in [0.3, 0.4) is 0 Å². The Morgan fingerprint density at radius 2 is 2.38 bits per heavy atom. The van der Waals surface area contributed by atoms with E-state index in [1.807, 2.05) is 18.0 Å². The van der Waals surface area contributed by atoms with Crippen molar-refractivity contribution in [3.05, 3.63) is 29.0 Å². The number of halogens is 1. The molecule has 16 heavy (non-hydrogen) atoms. The van der Waals surface area contributed by atoms with Crippen molar-refractivity contribution in [2.24, 2.45) is 10.1 Å². The maximum atomic E-state index is 8.45. The van der Waals surface area contributed by atoms with E-state index in [0.29, 0.717) is 17.5 Å². The summed E-state index contributed by atoms with van der Waals surface area (Å²) in [5.41, 5.74) is 0.999. The molecular formula is C10H13ClN4O. The quantitative estimate of drug-likeness (QED) is 0.287. The lowest BCUT2D eigenvalue weighted by molar-refractivity contribution is 0.321. The molecule has 1 aromatic rings. The van der Waals surface area contributed by atoms with E-state index in [-0.39, 0.29) is 0 Å². The first-order chi connectivity index (χ1) is 7.67. The van der Waals surface area contributed by atoms with Gasteiger partial charge in [0, 0.05) is 26.8 Å². The van der Waals surface area contributed by atoms with Gasteiger partial charge in [0.25, 0.3) is 0 Å². The maximum Gasteiger partial charge on any atom is 0.145 e. The Bertz CT molecular complexity index is 388. The summed E-state index contributed by atoms with van der Waals surface area (Å²) >= 11 is 5.69. The summed E-state index contributed by atoms with van der Waals surface area (Å²) in [6.45, 7) is 0.614. The molecule has 0 atom stereocenters. The molecule has 0 aliphatic rings. The van der Waals surface area contributed by atoms with E-state index in [1.54, 1.807) is 19.3 Å². The van der Waals surface area contributed by atoms with Crippen LogP contribution in [0.2, 0.25) is 5.15 Å². The summed E-state index contributed by atoms with van der Waals surface area (Å²) in [7, 11) is 3.48. The number of hydrogen-bond acceptors (Lipinski definition) is 4. The van der Waals surface area contributed by atoms with Crippen LogP contribution in [0.4, 0.5) is 0 Å². The number of pyridine rings is 1. The summed E-state index contributed by atoms with van der Waals surface area (Å²) in [6.07, 6.45) is 2.98. The highest BCUT2D eigenvalue weighted by molar-refractivity contribution is 6.29. The number of amidine groups is 1. The third kappa shape index (κ3) is 3.51. The number of aliphatic imine (C=N–C) groups is 1. The fraction of sp³-hybridized carbons (Fsp3) is 0.300. The predicted octanol–water partition coefficient (Wildman–Crippen LogP) is 1.66. The van der Waals surface area contributed by atoms with Crippen LogP contribution in [0.1, 0.15) is 5.56 Å². The van der Waals surface area contributed by atoms with Gasteiger partial charge in [-0.15, -0.1) is 0 Å². The summed E-state index contributed by atoms with van der Waals surface area (Å²) in [6, 6.07) is 3.61. The number of oxime groups is 1.